The molecule has 2 aromatic carbocycles. The van der Waals surface area contributed by atoms with Gasteiger partial charge in [-0.25, -0.2) is 0 Å². The first-order valence-electron chi connectivity index (χ1n) is 16.6. The molecule has 3 aromatic rings. The Morgan fingerprint density at radius 3 is 2.00 bits per heavy atom. The molecule has 3 saturated heterocycles. The number of methoxy groups -OCH3 is 1. The first-order valence-corrected chi connectivity index (χ1v) is 16.6. The fourth-order valence-corrected chi connectivity index (χ4v) is 6.38. The summed E-state index contributed by atoms with van der Waals surface area (Å²) in [5.74, 6) is -1.37. The average Bonchev–Trinajstić information content (AvgIpc) is 3.13. The highest BCUT2D eigenvalue weighted by Gasteiger charge is 2.51. The molecule has 1 aromatic heterocycles. The molecule has 19 heteroatoms. The lowest BCUT2D eigenvalue weighted by Crippen LogP contribution is -2.63. The molecule has 19 nitrogen and oxygen atoms in total. The number of hydrogen-bond acceptors (Lipinski definition) is 19. The van der Waals surface area contributed by atoms with Crippen molar-refractivity contribution in [1.29, 1.82) is 0 Å². The van der Waals surface area contributed by atoms with Gasteiger partial charge in [-0.05, 0) is 38.1 Å². The third kappa shape index (κ3) is 7.54. The van der Waals surface area contributed by atoms with Crippen molar-refractivity contribution >= 4 is 11.0 Å². The third-order valence-corrected chi connectivity index (χ3v) is 9.47. The van der Waals surface area contributed by atoms with Crippen LogP contribution in [0.25, 0.3) is 22.3 Å². The minimum absolute atomic E-state index is 0.207. The fourth-order valence-electron chi connectivity index (χ4n) is 6.38. The Kier molecular flexibility index (Phi) is 11.5. The molecule has 0 radical (unpaired) electrons. The van der Waals surface area contributed by atoms with E-state index >= 15 is 0 Å². The lowest BCUT2D eigenvalue weighted by molar-refractivity contribution is -0.357. The number of aromatic hydroxyl groups is 2. The van der Waals surface area contributed by atoms with Crippen LogP contribution in [0.15, 0.2) is 45.6 Å². The molecule has 15 unspecified atom stereocenters. The Bertz CT molecular complexity index is 1780. The Morgan fingerprint density at radius 2 is 1.32 bits per heavy atom. The van der Waals surface area contributed by atoms with E-state index in [0.717, 1.165) is 12.1 Å². The summed E-state index contributed by atoms with van der Waals surface area (Å²) < 4.78 is 45.1. The highest BCUT2D eigenvalue weighted by Crippen LogP contribution is 2.38. The highest BCUT2D eigenvalue weighted by molar-refractivity contribution is 5.88. The van der Waals surface area contributed by atoms with Crippen molar-refractivity contribution in [2.45, 2.75) is 106 Å². The van der Waals surface area contributed by atoms with Crippen LogP contribution in [-0.2, 0) is 23.7 Å². The van der Waals surface area contributed by atoms with E-state index in [0.29, 0.717) is 5.75 Å². The van der Waals surface area contributed by atoms with Gasteiger partial charge in [0.1, 0.15) is 89.3 Å². The molecule has 0 aliphatic carbocycles. The lowest BCUT2D eigenvalue weighted by atomic mass is 9.97. The molecule has 292 valence electrons. The first-order chi connectivity index (χ1) is 25.1. The van der Waals surface area contributed by atoms with Gasteiger partial charge < -0.3 is 88.6 Å². The van der Waals surface area contributed by atoms with E-state index in [1.807, 2.05) is 0 Å². The topological polar surface area (TPSA) is 297 Å². The van der Waals surface area contributed by atoms with Gasteiger partial charge in [-0.3, -0.25) is 4.79 Å². The number of hydrogen-bond donors (Lipinski definition) is 10. The van der Waals surface area contributed by atoms with Crippen LogP contribution in [0.1, 0.15) is 13.8 Å². The predicted molar refractivity (Wildman–Crippen MR) is 175 cm³/mol. The maximum atomic E-state index is 13.8. The van der Waals surface area contributed by atoms with Crippen LogP contribution in [-0.4, -0.2) is 157 Å². The van der Waals surface area contributed by atoms with E-state index in [4.69, 9.17) is 37.6 Å². The number of rotatable bonds is 9. The minimum atomic E-state index is -1.95. The van der Waals surface area contributed by atoms with Crippen molar-refractivity contribution < 1.29 is 88.6 Å². The number of fused-ring (bicyclic) bond motifs is 1. The van der Waals surface area contributed by atoms with Crippen molar-refractivity contribution in [3.8, 4) is 34.3 Å². The van der Waals surface area contributed by atoms with Gasteiger partial charge in [0.25, 0.3) is 0 Å². The second kappa shape index (κ2) is 15.6. The van der Waals surface area contributed by atoms with Crippen molar-refractivity contribution in [2.24, 2.45) is 0 Å². The van der Waals surface area contributed by atoms with Crippen LogP contribution in [0, 0.1) is 0 Å². The van der Waals surface area contributed by atoms with Gasteiger partial charge in [0.15, 0.2) is 18.3 Å². The Balaban J connectivity index is 1.19. The van der Waals surface area contributed by atoms with Crippen LogP contribution in [0.3, 0.4) is 0 Å². The fraction of sp³-hybridized carbons (Fsp3) is 0.559. The summed E-state index contributed by atoms with van der Waals surface area (Å²) in [4.78, 5) is 13.8. The molecule has 3 aliphatic heterocycles. The summed E-state index contributed by atoms with van der Waals surface area (Å²) in [7, 11) is 1.45. The van der Waals surface area contributed by atoms with Crippen molar-refractivity contribution in [1.82, 2.24) is 0 Å². The zero-order valence-corrected chi connectivity index (χ0v) is 28.5. The van der Waals surface area contributed by atoms with E-state index in [-0.39, 0.29) is 22.3 Å². The molecule has 0 saturated carbocycles. The summed E-state index contributed by atoms with van der Waals surface area (Å²) in [6, 6.07) is 8.16. The van der Waals surface area contributed by atoms with Gasteiger partial charge in [0.2, 0.25) is 17.5 Å². The molecule has 0 spiro atoms. The number of aliphatic hydroxyl groups excluding tert-OH is 8. The number of ether oxygens (including phenoxy) is 7. The van der Waals surface area contributed by atoms with E-state index in [1.54, 1.807) is 12.1 Å². The molecule has 10 N–H and O–H groups in total. The molecule has 0 amide bonds. The van der Waals surface area contributed by atoms with Gasteiger partial charge in [-0.1, -0.05) is 0 Å². The zero-order valence-electron chi connectivity index (χ0n) is 28.5. The van der Waals surface area contributed by atoms with E-state index in [1.165, 1.54) is 33.1 Å². The SMILES string of the molecule is COc1ccc(-c2oc3cc(O)cc(O)c3c(=O)c2OC2OC(COC3OC(C)C(OC4OC(C)C(O)C(O)C4O)C(O)C3O)C(O)C(O)C2O)cc1. The molecule has 3 aliphatic rings. The van der Waals surface area contributed by atoms with Crippen LogP contribution in [0.2, 0.25) is 0 Å². The lowest BCUT2D eigenvalue weighted by Gasteiger charge is -2.46. The summed E-state index contributed by atoms with van der Waals surface area (Å²) in [5, 5.41) is 105. The molecule has 0 bridgehead atoms. The molecule has 15 atom stereocenters. The quantitative estimate of drug-likeness (QED) is 0.110. The van der Waals surface area contributed by atoms with Crippen LogP contribution >= 0.6 is 0 Å². The third-order valence-electron chi connectivity index (χ3n) is 9.47. The Morgan fingerprint density at radius 1 is 0.698 bits per heavy atom. The summed E-state index contributed by atoms with van der Waals surface area (Å²) in [5.41, 5.74) is -0.885. The monoisotopic (exact) mass is 754 g/mol. The molecule has 4 heterocycles. The van der Waals surface area contributed by atoms with E-state index in [2.05, 4.69) is 0 Å². The molecular formula is C34H42O19. The zero-order chi connectivity index (χ0) is 38.5. The number of benzene rings is 2. The van der Waals surface area contributed by atoms with Crippen molar-refractivity contribution in [3.63, 3.8) is 0 Å². The summed E-state index contributed by atoms with van der Waals surface area (Å²) in [6.07, 6.45) is -23.6. The maximum Gasteiger partial charge on any atom is 0.239 e. The van der Waals surface area contributed by atoms with Gasteiger partial charge in [0.05, 0.1) is 25.9 Å². The van der Waals surface area contributed by atoms with E-state index < -0.39 is 121 Å². The Labute approximate surface area is 300 Å². The normalized spacial score (nSPS) is 37.8. The smallest absolute Gasteiger partial charge is 0.239 e. The van der Waals surface area contributed by atoms with Gasteiger partial charge in [-0.2, -0.15) is 0 Å². The van der Waals surface area contributed by atoms with Gasteiger partial charge in [-0.15, -0.1) is 0 Å². The molecular weight excluding hydrogens is 712 g/mol. The van der Waals surface area contributed by atoms with Crippen LogP contribution < -0.4 is 14.9 Å². The summed E-state index contributed by atoms with van der Waals surface area (Å²) in [6.45, 7) is 2.25. The van der Waals surface area contributed by atoms with Crippen LogP contribution in [0.5, 0.6) is 23.0 Å². The molecule has 3 fully saturated rings. The molecule has 6 rings (SSSR count). The first kappa shape index (κ1) is 39.0. The minimum Gasteiger partial charge on any atom is -0.508 e. The maximum absolute atomic E-state index is 13.8. The van der Waals surface area contributed by atoms with Crippen LogP contribution in [0.4, 0.5) is 0 Å². The number of phenols is 2. The largest absolute Gasteiger partial charge is 0.508 e. The van der Waals surface area contributed by atoms with Gasteiger partial charge in [0, 0.05) is 17.7 Å². The predicted octanol–water partition coefficient (Wildman–Crippen LogP) is -2.24. The molecule has 53 heavy (non-hydrogen) atoms. The van der Waals surface area contributed by atoms with Gasteiger partial charge >= 0.3 is 0 Å². The number of aliphatic hydroxyl groups is 8. The standard InChI is InChI=1S/C34H42O19/c1-11-20(37)23(40)26(43)33(48-11)52-29-12(2)49-32(28(45)25(29)42)47-10-18-21(38)24(41)27(44)34(51-18)53-31-22(39)19-16(36)8-14(35)9-17(19)50-30(31)13-4-6-15(46-3)7-5-13/h4-9,11-12,18,20-21,23-29,32-38,40-45H,10H2,1-3H3. The van der Waals surface area contributed by atoms with Crippen molar-refractivity contribution in [2.75, 3.05) is 13.7 Å². The average molecular weight is 755 g/mol. The van der Waals surface area contributed by atoms with E-state index in [9.17, 15) is 55.9 Å². The second-order valence-corrected chi connectivity index (χ2v) is 13.1. The highest BCUT2D eigenvalue weighted by atomic mass is 16.7. The summed E-state index contributed by atoms with van der Waals surface area (Å²) >= 11 is 0. The number of phenolic OH excluding ortho intramolecular Hbond substituents is 2. The Hall–Kier alpha value is -3.67. The van der Waals surface area contributed by atoms with Crippen molar-refractivity contribution in [3.05, 3.63) is 46.6 Å². The second-order valence-electron chi connectivity index (χ2n) is 13.1.